The monoisotopic (exact) mass is 540 g/mol. The van der Waals surface area contributed by atoms with E-state index in [9.17, 15) is 17.6 Å². The zero-order valence-corrected chi connectivity index (χ0v) is 21.9. The molecule has 0 N–H and O–H groups in total. The first-order chi connectivity index (χ1) is 17.8. The SMILES string of the molecule is COc1nccc(Cl)c1C1=Cc2ccc(CC(=O)[C@@H]3CCCCN3S(=O)(=O)c3ccc(F)cc3)cc2C1. The molecule has 0 spiro atoms. The standard InChI is InChI=1S/C28H26ClFN2O4S/c1-36-28-27(24(29)11-12-31-28)21-16-19-6-5-18(14-20(19)17-21)15-26(33)25-4-2-3-13-32(25)37(34,35)23-9-7-22(30)8-10-23/h5-12,14,16,25H,2-4,13,15,17H2,1H3/t25-/m0/s1. The van der Waals surface area contributed by atoms with Crippen LogP contribution in [0.1, 0.15) is 41.5 Å². The van der Waals surface area contributed by atoms with Crippen molar-refractivity contribution in [1.82, 2.24) is 9.29 Å². The molecule has 0 unspecified atom stereocenters. The third-order valence-corrected chi connectivity index (χ3v) is 9.16. The molecule has 192 valence electrons. The maximum Gasteiger partial charge on any atom is 0.243 e. The van der Waals surface area contributed by atoms with Crippen LogP contribution in [0.25, 0.3) is 11.6 Å². The number of benzene rings is 2. The predicted octanol–water partition coefficient (Wildman–Crippen LogP) is 5.33. The summed E-state index contributed by atoms with van der Waals surface area (Å²) in [5.41, 5.74) is 4.65. The van der Waals surface area contributed by atoms with Gasteiger partial charge in [0.25, 0.3) is 0 Å². The van der Waals surface area contributed by atoms with Crippen molar-refractivity contribution in [3.63, 3.8) is 0 Å². The van der Waals surface area contributed by atoms with E-state index >= 15 is 0 Å². The zero-order chi connectivity index (χ0) is 26.2. The summed E-state index contributed by atoms with van der Waals surface area (Å²) in [6.07, 6.45) is 6.31. The van der Waals surface area contributed by atoms with Crippen molar-refractivity contribution in [3.8, 4) is 5.88 Å². The van der Waals surface area contributed by atoms with E-state index in [0.29, 0.717) is 30.2 Å². The van der Waals surface area contributed by atoms with Gasteiger partial charge in [0.05, 0.1) is 28.6 Å². The van der Waals surface area contributed by atoms with Crippen molar-refractivity contribution < 1.29 is 22.3 Å². The van der Waals surface area contributed by atoms with Crippen LogP contribution in [0.5, 0.6) is 5.88 Å². The summed E-state index contributed by atoms with van der Waals surface area (Å²) in [4.78, 5) is 17.7. The average Bonchev–Trinajstić information content (AvgIpc) is 3.31. The highest BCUT2D eigenvalue weighted by molar-refractivity contribution is 7.89. The molecular formula is C28H26ClFN2O4S. The minimum atomic E-state index is -3.92. The second kappa shape index (κ2) is 10.4. The minimum absolute atomic E-state index is 0.00535. The Hall–Kier alpha value is -3.07. The maximum absolute atomic E-state index is 13.4. The number of rotatable bonds is 7. The van der Waals surface area contributed by atoms with Crippen molar-refractivity contribution in [3.05, 3.63) is 87.8 Å². The smallest absolute Gasteiger partial charge is 0.243 e. The minimum Gasteiger partial charge on any atom is -0.481 e. The molecule has 1 saturated heterocycles. The van der Waals surface area contributed by atoms with E-state index in [1.807, 2.05) is 24.3 Å². The summed E-state index contributed by atoms with van der Waals surface area (Å²) < 4.78 is 46.6. The fourth-order valence-electron chi connectivity index (χ4n) is 5.11. The van der Waals surface area contributed by atoms with Crippen molar-refractivity contribution in [1.29, 1.82) is 0 Å². The van der Waals surface area contributed by atoms with Crippen molar-refractivity contribution in [2.45, 2.75) is 43.0 Å². The van der Waals surface area contributed by atoms with E-state index in [2.05, 4.69) is 4.98 Å². The number of hydrogen-bond acceptors (Lipinski definition) is 5. The highest BCUT2D eigenvalue weighted by atomic mass is 35.5. The van der Waals surface area contributed by atoms with E-state index < -0.39 is 21.9 Å². The molecule has 37 heavy (non-hydrogen) atoms. The van der Waals surface area contributed by atoms with E-state index in [-0.39, 0.29) is 23.6 Å². The Morgan fingerprint density at radius 1 is 1.16 bits per heavy atom. The highest BCUT2D eigenvalue weighted by Gasteiger charge is 2.37. The van der Waals surface area contributed by atoms with Gasteiger partial charge in [0.15, 0.2) is 5.78 Å². The van der Waals surface area contributed by atoms with Gasteiger partial charge < -0.3 is 4.74 Å². The zero-order valence-electron chi connectivity index (χ0n) is 20.3. The molecule has 1 aliphatic carbocycles. The van der Waals surface area contributed by atoms with Crippen molar-refractivity contribution in [2.75, 3.05) is 13.7 Å². The molecule has 0 saturated carbocycles. The lowest BCUT2D eigenvalue weighted by atomic mass is 9.95. The number of hydrogen-bond donors (Lipinski definition) is 0. The lowest BCUT2D eigenvalue weighted by Gasteiger charge is -2.33. The number of piperidine rings is 1. The molecule has 5 rings (SSSR count). The van der Waals surface area contributed by atoms with Crippen LogP contribution >= 0.6 is 11.6 Å². The summed E-state index contributed by atoms with van der Waals surface area (Å²) in [5.74, 6) is -0.195. The first-order valence-electron chi connectivity index (χ1n) is 12.1. The van der Waals surface area contributed by atoms with E-state index in [1.54, 1.807) is 19.4 Å². The highest BCUT2D eigenvalue weighted by Crippen LogP contribution is 2.39. The van der Waals surface area contributed by atoms with Crippen molar-refractivity contribution in [2.24, 2.45) is 0 Å². The molecule has 1 atom stereocenters. The van der Waals surface area contributed by atoms with Gasteiger partial charge in [-0.1, -0.05) is 42.3 Å². The van der Waals surface area contributed by atoms with Gasteiger partial charge in [-0.05, 0) is 71.9 Å². The van der Waals surface area contributed by atoms with Gasteiger partial charge in [-0.2, -0.15) is 4.31 Å². The van der Waals surface area contributed by atoms with E-state index in [0.717, 1.165) is 46.4 Å². The Bertz CT molecular complexity index is 1490. The van der Waals surface area contributed by atoms with Crippen LogP contribution in [0.15, 0.2) is 59.6 Å². The largest absolute Gasteiger partial charge is 0.481 e. The Labute approximate surface area is 220 Å². The number of carbonyl (C=O) groups is 1. The normalized spacial score (nSPS) is 17.8. The summed E-state index contributed by atoms with van der Waals surface area (Å²) in [5, 5.41) is 0.557. The van der Waals surface area contributed by atoms with Gasteiger partial charge in [-0.3, -0.25) is 4.79 Å². The quantitative estimate of drug-likeness (QED) is 0.404. The van der Waals surface area contributed by atoms with Gasteiger partial charge in [0.1, 0.15) is 5.82 Å². The summed E-state index contributed by atoms with van der Waals surface area (Å²) in [7, 11) is -2.36. The van der Waals surface area contributed by atoms with Crippen LogP contribution in [0.2, 0.25) is 5.02 Å². The number of fused-ring (bicyclic) bond motifs is 1. The van der Waals surface area contributed by atoms with Gasteiger partial charge >= 0.3 is 0 Å². The molecule has 3 aromatic rings. The van der Waals surface area contributed by atoms with Gasteiger partial charge in [-0.25, -0.2) is 17.8 Å². The molecule has 0 bridgehead atoms. The number of ketones is 1. The van der Waals surface area contributed by atoms with Crippen LogP contribution in [0.4, 0.5) is 4.39 Å². The molecule has 2 heterocycles. The predicted molar refractivity (Wildman–Crippen MR) is 140 cm³/mol. The Morgan fingerprint density at radius 2 is 1.95 bits per heavy atom. The number of Topliss-reactive ketones (excluding diaryl/α,β-unsaturated/α-hetero) is 1. The van der Waals surface area contributed by atoms with Crippen LogP contribution in [0.3, 0.4) is 0 Å². The topological polar surface area (TPSA) is 76.6 Å². The molecule has 0 amide bonds. The molecule has 0 radical (unpaired) electrons. The number of halogens is 2. The summed E-state index contributed by atoms with van der Waals surface area (Å²) >= 11 is 6.44. The molecular weight excluding hydrogens is 515 g/mol. The third kappa shape index (κ3) is 5.06. The number of sulfonamides is 1. The molecule has 9 heteroatoms. The number of carbonyl (C=O) groups excluding carboxylic acids is 1. The lowest BCUT2D eigenvalue weighted by molar-refractivity contribution is -0.122. The van der Waals surface area contributed by atoms with Gasteiger partial charge in [-0.15, -0.1) is 0 Å². The second-order valence-electron chi connectivity index (χ2n) is 9.28. The molecule has 2 aromatic carbocycles. The Balaban J connectivity index is 1.34. The maximum atomic E-state index is 13.4. The average molecular weight is 541 g/mol. The molecule has 2 aliphatic rings. The molecule has 1 aliphatic heterocycles. The van der Waals surface area contributed by atoms with Gasteiger partial charge in [0.2, 0.25) is 15.9 Å². The number of allylic oxidation sites excluding steroid dienone is 1. The van der Waals surface area contributed by atoms with Crippen LogP contribution in [0, 0.1) is 5.82 Å². The lowest BCUT2D eigenvalue weighted by Crippen LogP contribution is -2.48. The number of ether oxygens (including phenoxy) is 1. The summed E-state index contributed by atoms with van der Waals surface area (Å²) in [6, 6.07) is 11.6. The Kier molecular flexibility index (Phi) is 7.16. The summed E-state index contributed by atoms with van der Waals surface area (Å²) in [6.45, 7) is 0.265. The number of nitrogens with zero attached hydrogens (tertiary/aromatic N) is 2. The van der Waals surface area contributed by atoms with E-state index in [1.165, 1.54) is 16.4 Å². The second-order valence-corrected chi connectivity index (χ2v) is 11.6. The number of pyridine rings is 1. The fraction of sp³-hybridized carbons (Fsp3) is 0.286. The fourth-order valence-corrected chi connectivity index (χ4v) is 7.05. The van der Waals surface area contributed by atoms with Gasteiger partial charge in [0, 0.05) is 19.2 Å². The first-order valence-corrected chi connectivity index (χ1v) is 13.9. The van der Waals surface area contributed by atoms with E-state index in [4.69, 9.17) is 16.3 Å². The van der Waals surface area contributed by atoms with Crippen LogP contribution in [-0.2, 0) is 27.7 Å². The Morgan fingerprint density at radius 3 is 2.70 bits per heavy atom. The van der Waals surface area contributed by atoms with Crippen LogP contribution < -0.4 is 4.74 Å². The number of methoxy groups -OCH3 is 1. The molecule has 1 fully saturated rings. The third-order valence-electron chi connectivity index (χ3n) is 6.92. The van der Waals surface area contributed by atoms with Crippen LogP contribution in [-0.4, -0.2) is 43.2 Å². The molecule has 6 nitrogen and oxygen atoms in total. The number of aromatic nitrogens is 1. The molecule has 1 aromatic heterocycles. The first kappa shape index (κ1) is 25.6. The van der Waals surface area contributed by atoms with Crippen molar-refractivity contribution >= 4 is 39.1 Å².